The van der Waals surface area contributed by atoms with Gasteiger partial charge in [-0.05, 0) is 37.6 Å². The third-order valence-corrected chi connectivity index (χ3v) is 3.27. The highest BCUT2D eigenvalue weighted by molar-refractivity contribution is 6.30. The average molecular weight is 288 g/mol. The zero-order valence-corrected chi connectivity index (χ0v) is 12.1. The van der Waals surface area contributed by atoms with Gasteiger partial charge >= 0.3 is 0 Å². The van der Waals surface area contributed by atoms with Crippen molar-refractivity contribution in [3.05, 3.63) is 58.7 Å². The highest BCUT2D eigenvalue weighted by atomic mass is 35.5. The van der Waals surface area contributed by atoms with E-state index in [1.165, 1.54) is 0 Å². The summed E-state index contributed by atoms with van der Waals surface area (Å²) in [6.07, 6.45) is 3.81. The lowest BCUT2D eigenvalue weighted by molar-refractivity contribution is 0.536. The van der Waals surface area contributed by atoms with Crippen molar-refractivity contribution in [1.29, 1.82) is 0 Å². The van der Waals surface area contributed by atoms with Gasteiger partial charge in [0.25, 0.3) is 0 Å². The van der Waals surface area contributed by atoms with Crippen molar-refractivity contribution in [2.24, 2.45) is 0 Å². The Hall–Kier alpha value is -2.07. The monoisotopic (exact) mass is 287 g/mol. The first-order chi connectivity index (χ1) is 9.61. The maximum absolute atomic E-state index is 5.99. The summed E-state index contributed by atoms with van der Waals surface area (Å²) < 4.78 is 7.57. The van der Waals surface area contributed by atoms with E-state index in [-0.39, 0.29) is 0 Å². The second-order valence-corrected chi connectivity index (χ2v) is 5.18. The Morgan fingerprint density at radius 3 is 2.85 bits per heavy atom. The van der Waals surface area contributed by atoms with E-state index in [0.717, 1.165) is 22.6 Å². The predicted octanol–water partition coefficient (Wildman–Crippen LogP) is 3.86. The minimum absolute atomic E-state index is 0.587. The fraction of sp³-hybridized carbons (Fsp3) is 0.200. The van der Waals surface area contributed by atoms with Crippen molar-refractivity contribution in [1.82, 2.24) is 14.8 Å². The van der Waals surface area contributed by atoms with E-state index in [4.69, 9.17) is 16.0 Å². The molecule has 4 nitrogen and oxygen atoms in total. The molecule has 0 aliphatic heterocycles. The third kappa shape index (κ3) is 2.60. The molecule has 0 aliphatic rings. The number of aromatic nitrogens is 3. The summed E-state index contributed by atoms with van der Waals surface area (Å²) in [5.41, 5.74) is 2.88. The largest absolute Gasteiger partial charge is 0.441 e. The highest BCUT2D eigenvalue weighted by Gasteiger charge is 2.12. The van der Waals surface area contributed by atoms with E-state index >= 15 is 0 Å². The Morgan fingerprint density at radius 1 is 1.30 bits per heavy atom. The Kier molecular flexibility index (Phi) is 3.32. The number of hydrogen-bond donors (Lipinski definition) is 0. The number of nitrogens with zero attached hydrogens (tertiary/aromatic N) is 3. The van der Waals surface area contributed by atoms with Crippen LogP contribution >= 0.6 is 11.6 Å². The Bertz CT molecular complexity index is 745. The fourth-order valence-corrected chi connectivity index (χ4v) is 2.22. The van der Waals surface area contributed by atoms with Gasteiger partial charge in [0, 0.05) is 16.8 Å². The van der Waals surface area contributed by atoms with Gasteiger partial charge in [-0.1, -0.05) is 17.7 Å². The van der Waals surface area contributed by atoms with Crippen LogP contribution in [-0.2, 0) is 6.54 Å². The normalized spacial score (nSPS) is 10.9. The molecular formula is C15H14ClN3O. The first-order valence-corrected chi connectivity index (χ1v) is 6.71. The van der Waals surface area contributed by atoms with Crippen LogP contribution in [0.15, 0.2) is 41.1 Å². The molecule has 0 N–H and O–H groups in total. The summed E-state index contributed by atoms with van der Waals surface area (Å²) >= 11 is 5.99. The summed E-state index contributed by atoms with van der Waals surface area (Å²) in [4.78, 5) is 4.54. The van der Waals surface area contributed by atoms with Crippen molar-refractivity contribution in [2.75, 3.05) is 0 Å². The van der Waals surface area contributed by atoms with Crippen molar-refractivity contribution in [2.45, 2.75) is 20.4 Å². The molecule has 0 amide bonds. The van der Waals surface area contributed by atoms with Crippen LogP contribution in [0.3, 0.4) is 0 Å². The minimum atomic E-state index is 0.587. The van der Waals surface area contributed by atoms with Gasteiger partial charge < -0.3 is 4.42 Å². The van der Waals surface area contributed by atoms with Crippen molar-refractivity contribution < 1.29 is 4.42 Å². The Morgan fingerprint density at radius 2 is 2.15 bits per heavy atom. The molecule has 0 unspecified atom stereocenters. The van der Waals surface area contributed by atoms with E-state index in [2.05, 4.69) is 10.1 Å². The minimum Gasteiger partial charge on any atom is -0.441 e. The van der Waals surface area contributed by atoms with Crippen LogP contribution in [0.2, 0.25) is 5.02 Å². The molecule has 3 rings (SSSR count). The molecule has 0 saturated carbocycles. The van der Waals surface area contributed by atoms with Crippen LogP contribution < -0.4 is 0 Å². The molecule has 102 valence electrons. The van der Waals surface area contributed by atoms with Crippen LogP contribution in [0.25, 0.3) is 11.5 Å². The Balaban J connectivity index is 1.91. The van der Waals surface area contributed by atoms with E-state index in [9.17, 15) is 0 Å². The van der Waals surface area contributed by atoms with Crippen LogP contribution in [0.5, 0.6) is 0 Å². The quantitative estimate of drug-likeness (QED) is 0.735. The van der Waals surface area contributed by atoms with Gasteiger partial charge in [-0.25, -0.2) is 4.98 Å². The molecule has 3 aromatic rings. The van der Waals surface area contributed by atoms with Gasteiger partial charge in [-0.15, -0.1) is 0 Å². The molecule has 0 spiro atoms. The maximum atomic E-state index is 5.99. The van der Waals surface area contributed by atoms with Crippen molar-refractivity contribution in [3.63, 3.8) is 0 Å². The van der Waals surface area contributed by atoms with Crippen LogP contribution in [0, 0.1) is 13.8 Å². The molecule has 0 radical (unpaired) electrons. The lowest BCUT2D eigenvalue weighted by Gasteiger charge is -1.97. The second-order valence-electron chi connectivity index (χ2n) is 4.75. The van der Waals surface area contributed by atoms with E-state index < -0.39 is 0 Å². The lowest BCUT2D eigenvalue weighted by atomic mass is 10.2. The molecule has 0 saturated heterocycles. The van der Waals surface area contributed by atoms with E-state index in [1.807, 2.05) is 55.2 Å². The summed E-state index contributed by atoms with van der Waals surface area (Å²) in [6, 6.07) is 7.48. The number of benzene rings is 1. The first kappa shape index (κ1) is 12.9. The van der Waals surface area contributed by atoms with Gasteiger partial charge in [0.1, 0.15) is 11.5 Å². The molecule has 5 heteroatoms. The fourth-order valence-electron chi connectivity index (χ4n) is 2.03. The predicted molar refractivity (Wildman–Crippen MR) is 77.8 cm³/mol. The first-order valence-electron chi connectivity index (χ1n) is 6.33. The van der Waals surface area contributed by atoms with E-state index in [0.29, 0.717) is 17.5 Å². The number of aryl methyl sites for hydroxylation is 2. The Labute approximate surface area is 122 Å². The summed E-state index contributed by atoms with van der Waals surface area (Å²) in [5, 5.41) is 4.93. The molecule has 2 aromatic heterocycles. The average Bonchev–Trinajstić information content (AvgIpc) is 2.97. The maximum Gasteiger partial charge on any atom is 0.226 e. The lowest BCUT2D eigenvalue weighted by Crippen LogP contribution is -2.01. The molecule has 0 aliphatic carbocycles. The van der Waals surface area contributed by atoms with Crippen LogP contribution in [0.4, 0.5) is 0 Å². The number of oxazole rings is 1. The topological polar surface area (TPSA) is 43.9 Å². The van der Waals surface area contributed by atoms with Crippen LogP contribution in [0.1, 0.15) is 17.0 Å². The van der Waals surface area contributed by atoms with Gasteiger partial charge in [0.2, 0.25) is 5.89 Å². The van der Waals surface area contributed by atoms with Gasteiger partial charge in [0.05, 0.1) is 12.7 Å². The number of hydrogen-bond acceptors (Lipinski definition) is 3. The zero-order chi connectivity index (χ0) is 14.1. The molecule has 0 bridgehead atoms. The number of halogens is 1. The van der Waals surface area contributed by atoms with E-state index in [1.54, 1.807) is 0 Å². The standard InChI is InChI=1S/C15H14ClN3O/c1-10-7-17-19(8-10)9-14-11(2)20-15(18-14)12-4-3-5-13(16)6-12/h3-8H,9H2,1-2H3. The smallest absolute Gasteiger partial charge is 0.226 e. The molecule has 2 heterocycles. The SMILES string of the molecule is Cc1cnn(Cc2nc(-c3cccc(Cl)c3)oc2C)c1. The summed E-state index contributed by atoms with van der Waals surface area (Å²) in [5.74, 6) is 1.39. The molecule has 20 heavy (non-hydrogen) atoms. The second kappa shape index (κ2) is 5.13. The highest BCUT2D eigenvalue weighted by Crippen LogP contribution is 2.24. The van der Waals surface area contributed by atoms with Crippen LogP contribution in [-0.4, -0.2) is 14.8 Å². The summed E-state index contributed by atoms with van der Waals surface area (Å²) in [7, 11) is 0. The van der Waals surface area contributed by atoms with Gasteiger partial charge in [-0.3, -0.25) is 4.68 Å². The van der Waals surface area contributed by atoms with Gasteiger partial charge in [0.15, 0.2) is 0 Å². The zero-order valence-electron chi connectivity index (χ0n) is 11.3. The third-order valence-electron chi connectivity index (χ3n) is 3.04. The summed E-state index contributed by atoms with van der Waals surface area (Å²) in [6.45, 7) is 4.52. The van der Waals surface area contributed by atoms with Crippen molar-refractivity contribution in [3.8, 4) is 11.5 Å². The molecule has 0 atom stereocenters. The molecule has 0 fully saturated rings. The van der Waals surface area contributed by atoms with Gasteiger partial charge in [-0.2, -0.15) is 5.10 Å². The molecular weight excluding hydrogens is 274 g/mol. The number of rotatable bonds is 3. The molecule has 1 aromatic carbocycles. The van der Waals surface area contributed by atoms with Crippen molar-refractivity contribution >= 4 is 11.6 Å².